The number of amides is 1. The molecule has 132 valence electrons. The molecule has 1 aliphatic rings. The Balaban J connectivity index is 1.68. The van der Waals surface area contributed by atoms with Gasteiger partial charge in [0, 0.05) is 19.5 Å². The summed E-state index contributed by atoms with van der Waals surface area (Å²) in [7, 11) is 0. The molecule has 0 aromatic heterocycles. The van der Waals surface area contributed by atoms with Crippen LogP contribution in [0.25, 0.3) is 0 Å². The summed E-state index contributed by atoms with van der Waals surface area (Å²) < 4.78 is 0. The van der Waals surface area contributed by atoms with Crippen LogP contribution in [0.4, 0.5) is 0 Å². The lowest BCUT2D eigenvalue weighted by Crippen LogP contribution is -2.30. The third-order valence-electron chi connectivity index (χ3n) is 5.12. The average Bonchev–Trinajstić information content (AvgIpc) is 3.15. The van der Waals surface area contributed by atoms with Crippen molar-refractivity contribution in [2.24, 2.45) is 5.92 Å². The molecule has 1 aliphatic heterocycles. The Morgan fingerprint density at radius 3 is 2.56 bits per heavy atom. The van der Waals surface area contributed by atoms with Crippen LogP contribution in [0.5, 0.6) is 0 Å². The molecule has 1 N–H and O–H groups in total. The minimum absolute atomic E-state index is 0.263. The van der Waals surface area contributed by atoms with Crippen molar-refractivity contribution in [1.82, 2.24) is 10.2 Å². The average molecular weight is 336 g/mol. The predicted octanol–water partition coefficient (Wildman–Crippen LogP) is 3.91. The van der Waals surface area contributed by atoms with Crippen LogP contribution in [0, 0.1) is 12.8 Å². The molecule has 1 saturated heterocycles. The van der Waals surface area contributed by atoms with Crippen molar-refractivity contribution >= 4 is 5.91 Å². The van der Waals surface area contributed by atoms with Crippen molar-refractivity contribution in [2.45, 2.75) is 39.3 Å². The molecule has 3 nitrogen and oxygen atoms in total. The van der Waals surface area contributed by atoms with E-state index in [-0.39, 0.29) is 5.91 Å². The van der Waals surface area contributed by atoms with E-state index in [0.717, 1.165) is 19.5 Å². The predicted molar refractivity (Wildman–Crippen MR) is 102 cm³/mol. The second-order valence-corrected chi connectivity index (χ2v) is 7.06. The van der Waals surface area contributed by atoms with Crippen LogP contribution >= 0.6 is 0 Å². The van der Waals surface area contributed by atoms with E-state index >= 15 is 0 Å². The molecule has 1 amide bonds. The summed E-state index contributed by atoms with van der Waals surface area (Å²) in [6.45, 7) is 5.63. The van der Waals surface area contributed by atoms with E-state index in [1.54, 1.807) is 0 Å². The number of hydrogen-bond acceptors (Lipinski definition) is 2. The van der Waals surface area contributed by atoms with Gasteiger partial charge in [0.1, 0.15) is 0 Å². The Kier molecular flexibility index (Phi) is 6.24. The van der Waals surface area contributed by atoms with Gasteiger partial charge in [-0.05, 0) is 55.5 Å². The summed E-state index contributed by atoms with van der Waals surface area (Å²) in [5.41, 5.74) is 3.66. The highest BCUT2D eigenvalue weighted by atomic mass is 16.2. The highest BCUT2D eigenvalue weighted by Gasteiger charge is 2.19. The van der Waals surface area contributed by atoms with Crippen molar-refractivity contribution in [3.63, 3.8) is 0 Å². The van der Waals surface area contributed by atoms with Crippen LogP contribution in [-0.2, 0) is 17.9 Å². The van der Waals surface area contributed by atoms with Crippen LogP contribution in [-0.4, -0.2) is 23.9 Å². The van der Waals surface area contributed by atoms with E-state index in [1.165, 1.54) is 23.1 Å². The third kappa shape index (κ3) is 5.17. The van der Waals surface area contributed by atoms with Crippen LogP contribution in [0.15, 0.2) is 54.6 Å². The molecule has 0 aliphatic carbocycles. The highest BCUT2D eigenvalue weighted by Crippen LogP contribution is 2.18. The molecule has 1 heterocycles. The fourth-order valence-corrected chi connectivity index (χ4v) is 3.48. The summed E-state index contributed by atoms with van der Waals surface area (Å²) in [5.74, 6) is 0.917. The zero-order chi connectivity index (χ0) is 17.5. The number of nitrogens with one attached hydrogen (secondary N) is 1. The lowest BCUT2D eigenvalue weighted by molar-refractivity contribution is -0.132. The number of carbonyl (C=O) groups excluding carboxylic acids is 1. The van der Waals surface area contributed by atoms with E-state index in [4.69, 9.17) is 0 Å². The van der Waals surface area contributed by atoms with Gasteiger partial charge >= 0.3 is 0 Å². The SMILES string of the molecule is Cc1ccccc1CN(Cc1ccccc1)C(=O)CCC1CCNC1. The lowest BCUT2D eigenvalue weighted by Gasteiger charge is -2.24. The summed E-state index contributed by atoms with van der Waals surface area (Å²) in [6, 6.07) is 18.6. The largest absolute Gasteiger partial charge is 0.334 e. The van der Waals surface area contributed by atoms with Gasteiger partial charge in [-0.3, -0.25) is 4.79 Å². The second-order valence-electron chi connectivity index (χ2n) is 7.06. The lowest BCUT2D eigenvalue weighted by atomic mass is 10.0. The van der Waals surface area contributed by atoms with Gasteiger partial charge in [-0.2, -0.15) is 0 Å². The standard InChI is InChI=1S/C22H28N2O/c1-18-7-5-6-10-21(18)17-24(16-20-8-3-2-4-9-20)22(25)12-11-19-13-14-23-15-19/h2-10,19,23H,11-17H2,1H3. The van der Waals surface area contributed by atoms with E-state index in [0.29, 0.717) is 25.4 Å². The second kappa shape index (κ2) is 8.82. The maximum atomic E-state index is 12.9. The molecule has 1 unspecified atom stereocenters. The molecule has 25 heavy (non-hydrogen) atoms. The van der Waals surface area contributed by atoms with Crippen molar-refractivity contribution < 1.29 is 4.79 Å². The van der Waals surface area contributed by atoms with Gasteiger partial charge in [0.2, 0.25) is 5.91 Å². The van der Waals surface area contributed by atoms with Crippen molar-refractivity contribution in [3.05, 3.63) is 71.3 Å². The molecular weight excluding hydrogens is 308 g/mol. The molecule has 1 atom stereocenters. The minimum Gasteiger partial charge on any atom is -0.334 e. The molecule has 2 aromatic rings. The fraction of sp³-hybridized carbons (Fsp3) is 0.409. The third-order valence-corrected chi connectivity index (χ3v) is 5.12. The first-order valence-electron chi connectivity index (χ1n) is 9.29. The van der Waals surface area contributed by atoms with E-state index in [1.807, 2.05) is 23.1 Å². The summed E-state index contributed by atoms with van der Waals surface area (Å²) in [4.78, 5) is 14.9. The first-order chi connectivity index (χ1) is 12.2. The number of nitrogens with zero attached hydrogens (tertiary/aromatic N) is 1. The Morgan fingerprint density at radius 2 is 1.84 bits per heavy atom. The Morgan fingerprint density at radius 1 is 1.08 bits per heavy atom. The van der Waals surface area contributed by atoms with Gasteiger partial charge < -0.3 is 10.2 Å². The van der Waals surface area contributed by atoms with Crippen molar-refractivity contribution in [1.29, 1.82) is 0 Å². The summed E-state index contributed by atoms with van der Waals surface area (Å²) >= 11 is 0. The van der Waals surface area contributed by atoms with Crippen LogP contribution < -0.4 is 5.32 Å². The Bertz CT molecular complexity index is 677. The monoisotopic (exact) mass is 336 g/mol. The fourth-order valence-electron chi connectivity index (χ4n) is 3.48. The van der Waals surface area contributed by atoms with Gasteiger partial charge in [-0.1, -0.05) is 54.6 Å². The maximum absolute atomic E-state index is 12.9. The zero-order valence-electron chi connectivity index (χ0n) is 15.1. The van der Waals surface area contributed by atoms with Gasteiger partial charge in [0.25, 0.3) is 0 Å². The van der Waals surface area contributed by atoms with Gasteiger partial charge in [0.05, 0.1) is 0 Å². The normalized spacial score (nSPS) is 16.8. The highest BCUT2D eigenvalue weighted by molar-refractivity contribution is 5.76. The Hall–Kier alpha value is -2.13. The van der Waals surface area contributed by atoms with Crippen molar-refractivity contribution in [3.8, 4) is 0 Å². The number of aryl methyl sites for hydroxylation is 1. The molecule has 3 rings (SSSR count). The van der Waals surface area contributed by atoms with E-state index in [9.17, 15) is 4.79 Å². The van der Waals surface area contributed by atoms with Crippen LogP contribution in [0.3, 0.4) is 0 Å². The van der Waals surface area contributed by atoms with Gasteiger partial charge in [-0.25, -0.2) is 0 Å². The van der Waals surface area contributed by atoms with Crippen LogP contribution in [0.1, 0.15) is 36.0 Å². The molecule has 3 heteroatoms. The minimum atomic E-state index is 0.263. The van der Waals surface area contributed by atoms with E-state index in [2.05, 4.69) is 48.6 Å². The molecule has 0 bridgehead atoms. The molecular formula is C22H28N2O. The molecule has 0 spiro atoms. The molecule has 0 saturated carbocycles. The first-order valence-corrected chi connectivity index (χ1v) is 9.29. The van der Waals surface area contributed by atoms with Crippen molar-refractivity contribution in [2.75, 3.05) is 13.1 Å². The molecule has 2 aromatic carbocycles. The number of benzene rings is 2. The summed E-state index contributed by atoms with van der Waals surface area (Å²) in [5, 5.41) is 3.39. The van der Waals surface area contributed by atoms with E-state index < -0.39 is 0 Å². The smallest absolute Gasteiger partial charge is 0.223 e. The van der Waals surface area contributed by atoms with Crippen LogP contribution in [0.2, 0.25) is 0 Å². The summed E-state index contributed by atoms with van der Waals surface area (Å²) in [6.07, 6.45) is 2.83. The first kappa shape index (κ1) is 17.7. The maximum Gasteiger partial charge on any atom is 0.223 e. The number of rotatable bonds is 7. The molecule has 0 radical (unpaired) electrons. The Labute approximate surface area is 151 Å². The quantitative estimate of drug-likeness (QED) is 0.831. The molecule has 1 fully saturated rings. The van der Waals surface area contributed by atoms with Gasteiger partial charge in [0.15, 0.2) is 0 Å². The number of hydrogen-bond donors (Lipinski definition) is 1. The topological polar surface area (TPSA) is 32.3 Å². The van der Waals surface area contributed by atoms with Gasteiger partial charge in [-0.15, -0.1) is 0 Å². The zero-order valence-corrected chi connectivity index (χ0v) is 15.1. The number of carbonyl (C=O) groups is 1.